The van der Waals surface area contributed by atoms with Gasteiger partial charge < -0.3 is 0 Å². The van der Waals surface area contributed by atoms with Crippen LogP contribution in [-0.4, -0.2) is 60.8 Å². The summed E-state index contributed by atoms with van der Waals surface area (Å²) in [4.78, 5) is 0. The second kappa shape index (κ2) is 27.1. The predicted molar refractivity (Wildman–Crippen MR) is 422 cm³/mol. The summed E-state index contributed by atoms with van der Waals surface area (Å²) in [5.41, 5.74) is 22.1. The van der Waals surface area contributed by atoms with Crippen LogP contribution in [-0.2, 0) is 25.7 Å². The lowest BCUT2D eigenvalue weighted by atomic mass is 10.0. The molecule has 0 aromatic heterocycles. The Bertz CT molecular complexity index is 5060. The van der Waals surface area contributed by atoms with Crippen molar-refractivity contribution in [1.82, 2.24) is 0 Å². The second-order valence-corrected chi connectivity index (χ2v) is 60.9. The second-order valence-electron chi connectivity index (χ2n) is 33.9. The summed E-state index contributed by atoms with van der Waals surface area (Å²) in [6, 6.07) is 41.9. The molecule has 0 N–H and O–H groups in total. The first-order chi connectivity index (χ1) is 50.0. The van der Waals surface area contributed by atoms with E-state index in [0.717, 1.165) is 78.8 Å². The molecule has 0 heterocycles. The molecule has 4 aliphatic rings. The van der Waals surface area contributed by atoms with Gasteiger partial charge in [-0.1, -0.05) is 264 Å². The van der Waals surface area contributed by atoms with E-state index in [1.807, 2.05) is 64.3 Å². The maximum absolute atomic E-state index is 15.2. The molecule has 0 aliphatic heterocycles. The Kier molecular flexibility index (Phi) is 19.7. The van der Waals surface area contributed by atoms with E-state index >= 15 is 17.6 Å². The molecule has 0 bridgehead atoms. The zero-order chi connectivity index (χ0) is 78.9. The first-order valence-corrected chi connectivity index (χ1v) is 54.8. The van der Waals surface area contributed by atoms with Gasteiger partial charge in [0, 0.05) is 23.2 Å². The average Bonchev–Trinajstić information content (AvgIpc) is 1.46. The highest BCUT2D eigenvalue weighted by Crippen LogP contribution is 2.44. The Morgan fingerprint density at radius 3 is 0.704 bits per heavy atom. The fraction of sp³-hybridized carbons (Fsp3) is 0.302. The van der Waals surface area contributed by atoms with Crippen molar-refractivity contribution in [2.45, 2.75) is 169 Å². The molecule has 0 fully saturated rings. The molecule has 0 nitrogen and oxygen atoms in total. The van der Waals surface area contributed by atoms with Crippen LogP contribution in [0.2, 0.25) is 90.7 Å². The van der Waals surface area contributed by atoms with E-state index in [4.69, 9.17) is 0 Å². The van der Waals surface area contributed by atoms with Crippen molar-refractivity contribution >= 4 is 100 Å². The minimum atomic E-state index is -4.15. The third-order valence-corrected chi connectivity index (χ3v) is 44.9. The lowest BCUT2D eigenvalue weighted by molar-refractivity contribution is -0.131. The normalized spacial score (nSPS) is 13.9. The molecule has 4 aliphatic carbocycles. The van der Waals surface area contributed by atoms with Gasteiger partial charge in [-0.05, 0) is 154 Å². The van der Waals surface area contributed by atoms with Crippen LogP contribution in [0, 0.1) is 85.9 Å². The van der Waals surface area contributed by atoms with Crippen LogP contribution in [0.5, 0.6) is 0 Å². The van der Waals surface area contributed by atoms with E-state index in [2.05, 4.69) is 125 Å². The number of halogens is 16. The van der Waals surface area contributed by atoms with Crippen LogP contribution >= 0.6 is 0 Å². The van der Waals surface area contributed by atoms with Gasteiger partial charge in [-0.3, -0.25) is 0 Å². The van der Waals surface area contributed by atoms with Crippen LogP contribution in [0.25, 0.3) is 44.5 Å². The van der Waals surface area contributed by atoms with E-state index in [-0.39, 0.29) is 12.1 Å². The van der Waals surface area contributed by atoms with Crippen molar-refractivity contribution in [2.75, 3.05) is 0 Å². The van der Waals surface area contributed by atoms with Gasteiger partial charge >= 0.3 is 12.4 Å². The van der Waals surface area contributed by atoms with Crippen LogP contribution in [0.15, 0.2) is 121 Å². The van der Waals surface area contributed by atoms with E-state index in [0.29, 0.717) is 23.2 Å². The van der Waals surface area contributed by atoms with Gasteiger partial charge in [0.2, 0.25) is 11.6 Å². The molecule has 10 aromatic carbocycles. The zero-order valence-corrected chi connectivity index (χ0v) is 69.3. The van der Waals surface area contributed by atoms with Gasteiger partial charge in [0.15, 0.2) is 46.5 Å². The van der Waals surface area contributed by atoms with Crippen LogP contribution in [0.3, 0.4) is 0 Å². The highest BCUT2D eigenvalue weighted by molar-refractivity contribution is 7.03. The molecule has 14 rings (SSSR count). The van der Waals surface area contributed by atoms with E-state index in [9.17, 15) is 52.7 Å². The van der Waals surface area contributed by atoms with E-state index in [1.165, 1.54) is 76.4 Å². The molecule has 0 radical (unpaired) electrons. The van der Waals surface area contributed by atoms with Gasteiger partial charge in [-0.15, -0.1) is 0 Å². The largest absolute Gasteiger partial charge is 0.388 e. The highest BCUT2D eigenvalue weighted by Gasteiger charge is 2.45. The predicted octanol–water partition coefficient (Wildman–Crippen LogP) is 19.3. The molecular weight excluding hydrogens is 1510 g/mol. The molecule has 10 aromatic rings. The molecule has 564 valence electrons. The summed E-state index contributed by atoms with van der Waals surface area (Å²) in [5, 5.41) is 6.82. The summed E-state index contributed by atoms with van der Waals surface area (Å²) in [6.45, 7) is 32.1. The van der Waals surface area contributed by atoms with Crippen molar-refractivity contribution in [3.63, 3.8) is 0 Å². The molecule has 108 heavy (non-hydrogen) atoms. The number of hydrogen-bond donors (Lipinski definition) is 0. The maximum atomic E-state index is 15.2. The first-order valence-electron chi connectivity index (χ1n) is 36.3. The number of alkyl halides is 6. The summed E-state index contributed by atoms with van der Waals surface area (Å²) < 4.78 is 225. The molecule has 0 saturated heterocycles. The fourth-order valence-electron chi connectivity index (χ4n) is 17.6. The molecule has 0 spiro atoms. The van der Waals surface area contributed by atoms with Crippen LogP contribution < -0.4 is 51.9 Å². The minimum Gasteiger partial charge on any atom is -0.204 e. The van der Waals surface area contributed by atoms with Gasteiger partial charge in [-0.25, -0.2) is 43.9 Å². The summed E-state index contributed by atoms with van der Waals surface area (Å²) in [6.07, 6.45) is -6.99. The smallest absolute Gasteiger partial charge is 0.204 e. The van der Waals surface area contributed by atoms with E-state index < -0.39 is 142 Å². The van der Waals surface area contributed by atoms with E-state index in [1.54, 1.807) is 38.3 Å². The molecule has 22 heteroatoms. The molecule has 0 atom stereocenters. The van der Waals surface area contributed by atoms with Crippen molar-refractivity contribution in [3.8, 4) is 44.5 Å². The van der Waals surface area contributed by atoms with Crippen molar-refractivity contribution in [3.05, 3.63) is 246 Å². The standard InChI is InChI=1S/C46H38F10Si3.C40H46F6Si3/c1-21-13-29-27-19-25(57(3,4)45-41(53)37(49)35(47)38(50)42(45)54)11-9-23(27)17-31(29)33(15-21)59(7,8)34-16-22(2)14-30-28-20-26(12-10-24(28)18-32(30)34)58(5,6)46-43(55)39(51)36(48)40(52)44(46)56;1-25-17-33-31-23-29(47(3,4)15-13-39(41,42)43)11-9-27(31)21-35(33)37(19-25)49(7,8)38-20-26(2)18-34-32-24-30(12-10-28(32)22-36(34)38)48(5,6)16-14-40(44,45)46/h9-16,19-20H,17-18H2,1-8H3;9-12,17-20,23-24H,13-16,21-22H2,1-8H3. The number of rotatable bonds is 14. The van der Waals surface area contributed by atoms with Gasteiger partial charge in [0.25, 0.3) is 0 Å². The van der Waals surface area contributed by atoms with Crippen molar-refractivity contribution in [2.24, 2.45) is 0 Å². The summed E-state index contributed by atoms with van der Waals surface area (Å²) in [5.74, 6) is -19.4. The summed E-state index contributed by atoms with van der Waals surface area (Å²) in [7, 11) is -16.5. The third kappa shape index (κ3) is 13.6. The SMILES string of the molecule is Cc1cc2c(c([Si](C)(C)c3cc(C)cc4c3Cc3ccc([Si](C)(C)CCC(F)(F)F)cc3-4)c1)Cc1ccc([Si](C)(C)CCC(F)(F)F)cc1-2.Cc1cc2c(c([Si](C)(C)c3cc(C)cc4c3Cc3ccc([Si](C)(C)c5c(F)c(F)c(F)c(F)c5F)cc3-4)c1)Cc1ccc([Si](C)(C)c3c(F)c(F)c(F)c(F)c3F)cc1-2. The molecule has 0 unspecified atom stereocenters. The fourth-order valence-corrected chi connectivity index (χ4v) is 34.2. The van der Waals surface area contributed by atoms with Crippen LogP contribution in [0.4, 0.5) is 70.2 Å². The maximum Gasteiger partial charge on any atom is 0.388 e. The minimum absolute atomic E-state index is 0.177. The quantitative estimate of drug-likeness (QED) is 0.0441. The Morgan fingerprint density at radius 2 is 0.472 bits per heavy atom. The number of hydrogen-bond acceptors (Lipinski definition) is 0. The zero-order valence-electron chi connectivity index (χ0n) is 63.3. The first kappa shape index (κ1) is 78.5. The summed E-state index contributed by atoms with van der Waals surface area (Å²) >= 11 is 0. The topological polar surface area (TPSA) is 0 Å². The highest BCUT2D eigenvalue weighted by atomic mass is 28.3. The van der Waals surface area contributed by atoms with Crippen molar-refractivity contribution < 1.29 is 70.2 Å². The van der Waals surface area contributed by atoms with Crippen LogP contribution in [0.1, 0.15) is 79.6 Å². The van der Waals surface area contributed by atoms with Gasteiger partial charge in [0.05, 0.1) is 16.1 Å². The lowest BCUT2D eigenvalue weighted by Crippen LogP contribution is -2.56. The molecular formula is C86H84F16Si6. The number of fused-ring (bicyclic) bond motifs is 12. The van der Waals surface area contributed by atoms with Crippen molar-refractivity contribution in [1.29, 1.82) is 0 Å². The number of aryl methyl sites for hydroxylation is 4. The Hall–Kier alpha value is -7.62. The molecule has 0 amide bonds. The number of benzene rings is 10. The Balaban J connectivity index is 0.000000194. The Labute approximate surface area is 626 Å². The average molecular weight is 1590 g/mol. The molecule has 0 saturated carbocycles. The Morgan fingerprint density at radius 1 is 0.259 bits per heavy atom. The third-order valence-electron chi connectivity index (χ3n) is 24.1. The van der Waals surface area contributed by atoms with Gasteiger partial charge in [0.1, 0.15) is 32.3 Å². The van der Waals surface area contributed by atoms with Gasteiger partial charge in [-0.2, -0.15) is 26.3 Å². The monoisotopic (exact) mass is 1590 g/mol. The lowest BCUT2D eigenvalue weighted by Gasteiger charge is -2.30.